The molecule has 0 saturated carbocycles. The zero-order valence-corrected chi connectivity index (χ0v) is 23.9. The number of hydrogen-bond donors (Lipinski definition) is 3. The summed E-state index contributed by atoms with van der Waals surface area (Å²) in [6.07, 6.45) is 0. The van der Waals surface area contributed by atoms with Gasteiger partial charge < -0.3 is 19.9 Å². The monoisotopic (exact) mass is 578 g/mol. The third-order valence-corrected chi connectivity index (χ3v) is 7.75. The molecular formula is C29H30N4O7S. The van der Waals surface area contributed by atoms with Crippen molar-refractivity contribution in [3.05, 3.63) is 89.1 Å². The Kier molecular flexibility index (Phi) is 8.45. The zero-order valence-electron chi connectivity index (χ0n) is 23.1. The molecule has 1 amide bonds. The standard InChI is InChI=1S/C29H30N4O7S/c1-17(2)32-41(37,38)25-16-20(30-27(34)23-9-7-6-8-18(23)3)10-15-24(25)40-28-19(4)26(29(35)36)31-33(28)21-11-13-22(39-5)14-12-21/h6-17,32H,1-5H3,(H,30,34)(H,35,36). The van der Waals surface area contributed by atoms with Crippen molar-refractivity contribution < 1.29 is 32.6 Å². The van der Waals surface area contributed by atoms with Gasteiger partial charge in [-0.05, 0) is 81.8 Å². The number of amides is 1. The van der Waals surface area contributed by atoms with E-state index in [-0.39, 0.29) is 33.5 Å². The summed E-state index contributed by atoms with van der Waals surface area (Å²) in [7, 11) is -2.62. The van der Waals surface area contributed by atoms with Gasteiger partial charge in [-0.15, -0.1) is 0 Å². The molecule has 0 aliphatic carbocycles. The normalized spacial score (nSPS) is 11.4. The summed E-state index contributed by atoms with van der Waals surface area (Å²) in [5.74, 6) is -1.19. The van der Waals surface area contributed by atoms with Gasteiger partial charge >= 0.3 is 5.97 Å². The van der Waals surface area contributed by atoms with Gasteiger partial charge in [-0.2, -0.15) is 9.78 Å². The van der Waals surface area contributed by atoms with Gasteiger partial charge in [-0.1, -0.05) is 18.2 Å². The minimum Gasteiger partial charge on any atom is -0.497 e. The van der Waals surface area contributed by atoms with Crippen LogP contribution in [0.25, 0.3) is 5.69 Å². The van der Waals surface area contributed by atoms with Gasteiger partial charge in [0, 0.05) is 22.9 Å². The Labute approximate surface area is 237 Å². The van der Waals surface area contributed by atoms with Crippen LogP contribution in [0, 0.1) is 13.8 Å². The number of benzene rings is 3. The predicted octanol–water partition coefficient (Wildman–Crippen LogP) is 4.93. The van der Waals surface area contributed by atoms with Crippen molar-refractivity contribution in [2.75, 3.05) is 12.4 Å². The SMILES string of the molecule is COc1ccc(-n2nc(C(=O)O)c(C)c2Oc2ccc(NC(=O)c3ccccc3C)cc2S(=O)(=O)NC(C)C)cc1. The second-order valence-electron chi connectivity index (χ2n) is 9.50. The summed E-state index contributed by atoms with van der Waals surface area (Å²) in [6.45, 7) is 6.66. The first-order chi connectivity index (χ1) is 19.4. The summed E-state index contributed by atoms with van der Waals surface area (Å²) in [6, 6.07) is 17.4. The summed E-state index contributed by atoms with van der Waals surface area (Å²) >= 11 is 0. The molecule has 3 N–H and O–H groups in total. The van der Waals surface area contributed by atoms with E-state index in [0.717, 1.165) is 5.56 Å². The van der Waals surface area contributed by atoms with E-state index < -0.39 is 27.9 Å². The maximum absolute atomic E-state index is 13.4. The molecule has 0 aliphatic rings. The van der Waals surface area contributed by atoms with Gasteiger partial charge in [0.15, 0.2) is 5.69 Å². The number of sulfonamides is 1. The number of rotatable bonds is 10. The van der Waals surface area contributed by atoms with Crippen molar-refractivity contribution in [1.82, 2.24) is 14.5 Å². The highest BCUT2D eigenvalue weighted by Crippen LogP contribution is 2.35. The molecule has 4 rings (SSSR count). The van der Waals surface area contributed by atoms with Crippen LogP contribution in [0.5, 0.6) is 17.4 Å². The molecule has 0 bridgehead atoms. The summed E-state index contributed by atoms with van der Waals surface area (Å²) in [5.41, 5.74) is 1.81. The van der Waals surface area contributed by atoms with Gasteiger partial charge in [0.1, 0.15) is 16.4 Å². The molecule has 0 atom stereocenters. The molecule has 0 aliphatic heterocycles. The summed E-state index contributed by atoms with van der Waals surface area (Å²) in [4.78, 5) is 24.6. The highest BCUT2D eigenvalue weighted by Gasteiger charge is 2.27. The van der Waals surface area contributed by atoms with Crippen molar-refractivity contribution in [3.63, 3.8) is 0 Å². The molecule has 1 aromatic heterocycles. The topological polar surface area (TPSA) is 149 Å². The predicted molar refractivity (Wildman–Crippen MR) is 153 cm³/mol. The Morgan fingerprint density at radius 3 is 2.29 bits per heavy atom. The van der Waals surface area contributed by atoms with E-state index in [1.54, 1.807) is 63.2 Å². The van der Waals surface area contributed by atoms with Crippen LogP contribution < -0.4 is 19.5 Å². The number of aromatic carboxylic acids is 1. The van der Waals surface area contributed by atoms with Crippen molar-refractivity contribution in [2.45, 2.75) is 38.6 Å². The maximum Gasteiger partial charge on any atom is 0.356 e. The van der Waals surface area contributed by atoms with Gasteiger partial charge in [0.05, 0.1) is 12.8 Å². The van der Waals surface area contributed by atoms with E-state index >= 15 is 0 Å². The molecule has 4 aromatic rings. The van der Waals surface area contributed by atoms with Crippen molar-refractivity contribution in [1.29, 1.82) is 0 Å². The smallest absolute Gasteiger partial charge is 0.356 e. The lowest BCUT2D eigenvalue weighted by atomic mass is 10.1. The second kappa shape index (κ2) is 11.8. The minimum atomic E-state index is -4.14. The van der Waals surface area contributed by atoms with Crippen molar-refractivity contribution >= 4 is 27.6 Å². The first-order valence-corrected chi connectivity index (χ1v) is 14.1. The van der Waals surface area contributed by atoms with E-state index in [1.165, 1.54) is 36.9 Å². The largest absolute Gasteiger partial charge is 0.497 e. The van der Waals surface area contributed by atoms with E-state index in [0.29, 0.717) is 17.0 Å². The molecular weight excluding hydrogens is 548 g/mol. The number of carboxylic acid groups (broad SMARTS) is 1. The highest BCUT2D eigenvalue weighted by atomic mass is 32.2. The van der Waals surface area contributed by atoms with Gasteiger partial charge in [-0.3, -0.25) is 4.79 Å². The van der Waals surface area contributed by atoms with E-state index in [4.69, 9.17) is 9.47 Å². The number of aryl methyl sites for hydroxylation is 1. The highest BCUT2D eigenvalue weighted by molar-refractivity contribution is 7.89. The molecule has 0 fully saturated rings. The lowest BCUT2D eigenvalue weighted by molar-refractivity contribution is 0.0689. The molecule has 0 unspecified atom stereocenters. The van der Waals surface area contributed by atoms with Gasteiger partial charge in [0.25, 0.3) is 5.91 Å². The van der Waals surface area contributed by atoms with Crippen LogP contribution in [0.1, 0.15) is 45.8 Å². The Hall–Kier alpha value is -4.68. The van der Waals surface area contributed by atoms with Crippen LogP contribution in [-0.4, -0.2) is 48.3 Å². The van der Waals surface area contributed by atoms with Crippen molar-refractivity contribution in [3.8, 4) is 23.1 Å². The van der Waals surface area contributed by atoms with Gasteiger partial charge in [0.2, 0.25) is 15.9 Å². The lowest BCUT2D eigenvalue weighted by Crippen LogP contribution is -2.30. The quantitative estimate of drug-likeness (QED) is 0.240. The molecule has 0 radical (unpaired) electrons. The second-order valence-corrected chi connectivity index (χ2v) is 11.2. The third-order valence-electron chi connectivity index (χ3n) is 6.07. The fourth-order valence-corrected chi connectivity index (χ4v) is 5.49. The van der Waals surface area contributed by atoms with Gasteiger partial charge in [-0.25, -0.2) is 17.9 Å². The number of carbonyl (C=O) groups excluding carboxylic acids is 1. The average Bonchev–Trinajstić information content (AvgIpc) is 3.25. The number of anilines is 1. The number of ether oxygens (including phenoxy) is 2. The lowest BCUT2D eigenvalue weighted by Gasteiger charge is -2.17. The molecule has 3 aromatic carbocycles. The molecule has 214 valence electrons. The van der Waals surface area contributed by atoms with Crippen molar-refractivity contribution in [2.24, 2.45) is 0 Å². The number of nitrogens with zero attached hydrogens (tertiary/aromatic N) is 2. The number of aromatic nitrogens is 2. The number of carboxylic acids is 1. The molecule has 0 saturated heterocycles. The number of carbonyl (C=O) groups is 2. The Morgan fingerprint density at radius 1 is 1.00 bits per heavy atom. The summed E-state index contributed by atoms with van der Waals surface area (Å²) in [5, 5.41) is 16.7. The Bertz CT molecular complexity index is 1710. The van der Waals surface area contributed by atoms with E-state index in [2.05, 4.69) is 15.1 Å². The molecule has 1 heterocycles. The Morgan fingerprint density at radius 2 is 1.68 bits per heavy atom. The van der Waals surface area contributed by atoms with E-state index in [9.17, 15) is 23.1 Å². The van der Waals surface area contributed by atoms with Crippen LogP contribution in [-0.2, 0) is 10.0 Å². The minimum absolute atomic E-state index is 0.00487. The first-order valence-electron chi connectivity index (χ1n) is 12.6. The third kappa shape index (κ3) is 6.39. The zero-order chi connectivity index (χ0) is 29.9. The first kappa shape index (κ1) is 29.3. The van der Waals surface area contributed by atoms with Crippen LogP contribution in [0.15, 0.2) is 71.6 Å². The van der Waals surface area contributed by atoms with Crippen LogP contribution >= 0.6 is 0 Å². The summed E-state index contributed by atoms with van der Waals surface area (Å²) < 4.78 is 41.9. The fraction of sp³-hybridized carbons (Fsp3) is 0.207. The molecule has 0 spiro atoms. The fourth-order valence-electron chi connectivity index (χ4n) is 4.09. The average molecular weight is 579 g/mol. The number of methoxy groups -OCH3 is 1. The molecule has 11 nitrogen and oxygen atoms in total. The number of hydrogen-bond acceptors (Lipinski definition) is 7. The van der Waals surface area contributed by atoms with E-state index in [1.807, 2.05) is 6.07 Å². The number of nitrogens with one attached hydrogen (secondary N) is 2. The Balaban J connectivity index is 1.81. The molecule has 12 heteroatoms. The maximum atomic E-state index is 13.4. The molecule has 41 heavy (non-hydrogen) atoms. The van der Waals surface area contributed by atoms with Crippen LogP contribution in [0.4, 0.5) is 5.69 Å². The van der Waals surface area contributed by atoms with Crippen LogP contribution in [0.2, 0.25) is 0 Å². The van der Waals surface area contributed by atoms with Crippen LogP contribution in [0.3, 0.4) is 0 Å².